The fraction of sp³-hybridized carbons (Fsp3) is 0.222. The van der Waals surface area contributed by atoms with Gasteiger partial charge in [-0.1, -0.05) is 0 Å². The first kappa shape index (κ1) is 10.3. The first-order chi connectivity index (χ1) is 6.50. The van der Waals surface area contributed by atoms with Crippen LogP contribution in [-0.4, -0.2) is 17.2 Å². The average molecular weight is 199 g/mol. The highest BCUT2D eigenvalue weighted by Crippen LogP contribution is 2.19. The van der Waals surface area contributed by atoms with Crippen LogP contribution in [0.2, 0.25) is 0 Å². The molecule has 3 N–H and O–H groups in total. The number of ether oxygens (including phenoxy) is 1. The molecule has 1 atom stereocenters. The number of nitrogen functional groups attached to an aromatic ring is 1. The van der Waals surface area contributed by atoms with E-state index in [-0.39, 0.29) is 11.4 Å². The van der Waals surface area contributed by atoms with Crippen LogP contribution in [-0.2, 0) is 4.79 Å². The first-order valence-electron chi connectivity index (χ1n) is 3.95. The highest BCUT2D eigenvalue weighted by atomic mass is 19.1. The number of nitrogens with two attached hydrogens (primary N) is 1. The molecule has 1 aromatic carbocycles. The van der Waals surface area contributed by atoms with Crippen LogP contribution in [0.25, 0.3) is 0 Å². The molecule has 76 valence electrons. The fourth-order valence-corrected chi connectivity index (χ4v) is 0.850. The molecule has 4 nitrogen and oxygen atoms in total. The van der Waals surface area contributed by atoms with Gasteiger partial charge in [0.25, 0.3) is 0 Å². The third-order valence-corrected chi connectivity index (χ3v) is 1.63. The Morgan fingerprint density at radius 1 is 1.64 bits per heavy atom. The van der Waals surface area contributed by atoms with E-state index in [0.717, 1.165) is 6.07 Å². The quantitative estimate of drug-likeness (QED) is 0.719. The van der Waals surface area contributed by atoms with E-state index in [1.165, 1.54) is 19.1 Å². The number of carboxylic acids is 1. The SMILES string of the molecule is C[C@@H](Oc1ccc(F)c(N)c1)C(=O)O. The summed E-state index contributed by atoms with van der Waals surface area (Å²) in [6.45, 7) is 1.38. The summed E-state index contributed by atoms with van der Waals surface area (Å²) in [6, 6.07) is 3.69. The average Bonchev–Trinajstić information content (AvgIpc) is 2.11. The van der Waals surface area contributed by atoms with Crippen molar-refractivity contribution in [2.45, 2.75) is 13.0 Å². The van der Waals surface area contributed by atoms with Gasteiger partial charge in [-0.2, -0.15) is 0 Å². The fourth-order valence-electron chi connectivity index (χ4n) is 0.850. The lowest BCUT2D eigenvalue weighted by Crippen LogP contribution is -2.22. The lowest BCUT2D eigenvalue weighted by molar-refractivity contribution is -0.144. The molecule has 0 aliphatic heterocycles. The number of hydrogen-bond donors (Lipinski definition) is 2. The molecule has 0 amide bonds. The van der Waals surface area contributed by atoms with Crippen LogP contribution in [0, 0.1) is 5.82 Å². The van der Waals surface area contributed by atoms with Gasteiger partial charge in [-0.3, -0.25) is 0 Å². The maximum Gasteiger partial charge on any atom is 0.344 e. The van der Waals surface area contributed by atoms with Gasteiger partial charge in [-0.25, -0.2) is 9.18 Å². The van der Waals surface area contributed by atoms with E-state index < -0.39 is 17.9 Å². The Morgan fingerprint density at radius 3 is 2.79 bits per heavy atom. The smallest absolute Gasteiger partial charge is 0.344 e. The standard InChI is InChI=1S/C9H10FNO3/c1-5(9(12)13)14-6-2-3-7(10)8(11)4-6/h2-5H,11H2,1H3,(H,12,13)/t5-/m1/s1. The summed E-state index contributed by atoms with van der Waals surface area (Å²) in [6.07, 6.45) is -0.986. The van der Waals surface area contributed by atoms with Crippen LogP contribution in [0.3, 0.4) is 0 Å². The Balaban J connectivity index is 2.78. The zero-order valence-electron chi connectivity index (χ0n) is 7.53. The third-order valence-electron chi connectivity index (χ3n) is 1.63. The predicted molar refractivity (Wildman–Crippen MR) is 48.5 cm³/mol. The number of halogens is 1. The molecule has 0 aromatic heterocycles. The maximum absolute atomic E-state index is 12.7. The maximum atomic E-state index is 12.7. The van der Waals surface area contributed by atoms with Crippen LogP contribution in [0.1, 0.15) is 6.92 Å². The third kappa shape index (κ3) is 2.35. The molecule has 0 saturated heterocycles. The molecular weight excluding hydrogens is 189 g/mol. The van der Waals surface area contributed by atoms with Gasteiger partial charge in [0.2, 0.25) is 0 Å². The summed E-state index contributed by atoms with van der Waals surface area (Å²) < 4.78 is 17.7. The lowest BCUT2D eigenvalue weighted by atomic mass is 10.3. The van der Waals surface area contributed by atoms with E-state index in [0.29, 0.717) is 0 Å². The van der Waals surface area contributed by atoms with Crippen LogP contribution < -0.4 is 10.5 Å². The highest BCUT2D eigenvalue weighted by molar-refractivity contribution is 5.72. The second-order valence-corrected chi connectivity index (χ2v) is 2.78. The predicted octanol–water partition coefficient (Wildman–Crippen LogP) is 1.26. The van der Waals surface area contributed by atoms with Gasteiger partial charge in [-0.15, -0.1) is 0 Å². The van der Waals surface area contributed by atoms with Crippen LogP contribution >= 0.6 is 0 Å². The second kappa shape index (κ2) is 3.95. The second-order valence-electron chi connectivity index (χ2n) is 2.78. The number of rotatable bonds is 3. The minimum Gasteiger partial charge on any atom is -0.479 e. The number of benzene rings is 1. The van der Waals surface area contributed by atoms with E-state index in [9.17, 15) is 9.18 Å². The summed E-state index contributed by atoms with van der Waals surface area (Å²) in [5.41, 5.74) is 5.20. The zero-order valence-corrected chi connectivity index (χ0v) is 7.53. The number of carbonyl (C=O) groups is 1. The summed E-state index contributed by atoms with van der Waals surface area (Å²) in [5.74, 6) is -1.41. The Labute approximate surface area is 80.1 Å². The Morgan fingerprint density at radius 2 is 2.29 bits per heavy atom. The topological polar surface area (TPSA) is 72.5 Å². The lowest BCUT2D eigenvalue weighted by Gasteiger charge is -2.10. The van der Waals surface area contributed by atoms with Crippen molar-refractivity contribution in [3.63, 3.8) is 0 Å². The molecule has 5 heteroatoms. The molecule has 0 radical (unpaired) electrons. The van der Waals surface area contributed by atoms with Crippen molar-refractivity contribution >= 4 is 11.7 Å². The molecule has 0 aliphatic carbocycles. The Hall–Kier alpha value is -1.78. The van der Waals surface area contributed by atoms with Gasteiger partial charge >= 0.3 is 5.97 Å². The summed E-state index contributed by atoms with van der Waals surface area (Å²) >= 11 is 0. The molecule has 0 aliphatic rings. The van der Waals surface area contributed by atoms with Gasteiger partial charge in [0, 0.05) is 6.07 Å². The van der Waals surface area contributed by atoms with E-state index in [4.69, 9.17) is 15.6 Å². The summed E-state index contributed by atoms with van der Waals surface area (Å²) in [4.78, 5) is 10.4. The normalized spacial score (nSPS) is 12.1. The molecular formula is C9H10FNO3. The van der Waals surface area contributed by atoms with E-state index in [2.05, 4.69) is 0 Å². The monoisotopic (exact) mass is 199 g/mol. The van der Waals surface area contributed by atoms with Crippen molar-refractivity contribution in [3.8, 4) is 5.75 Å². The van der Waals surface area contributed by atoms with Gasteiger partial charge in [0.15, 0.2) is 6.10 Å². The van der Waals surface area contributed by atoms with Gasteiger partial charge < -0.3 is 15.6 Å². The number of hydrogen-bond acceptors (Lipinski definition) is 3. The molecule has 0 heterocycles. The Kier molecular flexibility index (Phi) is 2.91. The minimum atomic E-state index is -1.09. The van der Waals surface area contributed by atoms with Crippen LogP contribution in [0.4, 0.5) is 10.1 Å². The number of carboxylic acid groups (broad SMARTS) is 1. The number of aliphatic carboxylic acids is 1. The largest absolute Gasteiger partial charge is 0.479 e. The van der Waals surface area contributed by atoms with Crippen molar-refractivity contribution in [1.82, 2.24) is 0 Å². The molecule has 14 heavy (non-hydrogen) atoms. The molecule has 1 rings (SSSR count). The van der Waals surface area contributed by atoms with Crippen molar-refractivity contribution in [2.24, 2.45) is 0 Å². The van der Waals surface area contributed by atoms with Gasteiger partial charge in [-0.05, 0) is 19.1 Å². The van der Waals surface area contributed by atoms with E-state index in [1.54, 1.807) is 0 Å². The van der Waals surface area contributed by atoms with Gasteiger partial charge in [0.05, 0.1) is 5.69 Å². The molecule has 0 bridgehead atoms. The summed E-state index contributed by atoms with van der Waals surface area (Å²) in [5, 5.41) is 8.54. The zero-order chi connectivity index (χ0) is 10.7. The molecule has 1 aromatic rings. The molecule has 0 unspecified atom stereocenters. The molecule has 0 saturated carbocycles. The number of anilines is 1. The Bertz CT molecular complexity index is 354. The first-order valence-corrected chi connectivity index (χ1v) is 3.95. The highest BCUT2D eigenvalue weighted by Gasteiger charge is 2.12. The van der Waals surface area contributed by atoms with E-state index >= 15 is 0 Å². The van der Waals surface area contributed by atoms with Crippen LogP contribution in [0.5, 0.6) is 5.75 Å². The van der Waals surface area contributed by atoms with Crippen molar-refractivity contribution in [1.29, 1.82) is 0 Å². The summed E-state index contributed by atoms with van der Waals surface area (Å²) in [7, 11) is 0. The van der Waals surface area contributed by atoms with Crippen LogP contribution in [0.15, 0.2) is 18.2 Å². The minimum absolute atomic E-state index is 0.0694. The van der Waals surface area contributed by atoms with E-state index in [1.807, 2.05) is 0 Å². The molecule has 0 fully saturated rings. The van der Waals surface area contributed by atoms with Gasteiger partial charge in [0.1, 0.15) is 11.6 Å². The van der Waals surface area contributed by atoms with Crippen molar-refractivity contribution in [3.05, 3.63) is 24.0 Å². The molecule has 0 spiro atoms. The van der Waals surface area contributed by atoms with Crippen molar-refractivity contribution in [2.75, 3.05) is 5.73 Å². The van der Waals surface area contributed by atoms with Crippen molar-refractivity contribution < 1.29 is 19.0 Å².